The Morgan fingerprint density at radius 2 is 2.24 bits per heavy atom. The highest BCUT2D eigenvalue weighted by molar-refractivity contribution is 6.30. The van der Waals surface area contributed by atoms with Crippen LogP contribution < -0.4 is 11.1 Å². The van der Waals surface area contributed by atoms with Crippen LogP contribution in [0.15, 0.2) is 18.2 Å². The molecule has 0 spiro atoms. The average Bonchev–Trinajstić information content (AvgIpc) is 2.78. The van der Waals surface area contributed by atoms with Crippen LogP contribution in [0.4, 0.5) is 4.39 Å². The summed E-state index contributed by atoms with van der Waals surface area (Å²) in [6, 6.07) is 5.34. The van der Waals surface area contributed by atoms with Gasteiger partial charge in [0.1, 0.15) is 5.82 Å². The Bertz CT molecular complexity index is 384. The molecule has 0 saturated heterocycles. The highest BCUT2D eigenvalue weighted by atomic mass is 35.5. The number of rotatable bonds is 4. The molecule has 2 atom stereocenters. The normalized spacial score (nSPS) is 24.2. The molecule has 17 heavy (non-hydrogen) atoms. The van der Waals surface area contributed by atoms with E-state index in [0.29, 0.717) is 12.0 Å². The molecular weight excluding hydrogens is 239 g/mol. The van der Waals surface area contributed by atoms with Gasteiger partial charge in [0.05, 0.1) is 5.02 Å². The van der Waals surface area contributed by atoms with Gasteiger partial charge < -0.3 is 11.1 Å². The van der Waals surface area contributed by atoms with E-state index in [4.69, 9.17) is 17.3 Å². The molecule has 2 unspecified atom stereocenters. The van der Waals surface area contributed by atoms with Crippen LogP contribution in [-0.2, 0) is 6.54 Å². The summed E-state index contributed by atoms with van der Waals surface area (Å²) in [6.45, 7) is 1.46. The second-order valence-electron chi connectivity index (χ2n) is 4.66. The molecule has 0 aliphatic heterocycles. The fraction of sp³-hybridized carbons (Fsp3) is 0.538. The van der Waals surface area contributed by atoms with E-state index in [2.05, 4.69) is 5.32 Å². The van der Waals surface area contributed by atoms with Gasteiger partial charge in [-0.05, 0) is 43.0 Å². The Hall–Kier alpha value is -0.640. The highest BCUT2D eigenvalue weighted by Gasteiger charge is 2.25. The Balaban J connectivity index is 1.91. The average molecular weight is 257 g/mol. The molecule has 0 bridgehead atoms. The Morgan fingerprint density at radius 3 is 2.94 bits per heavy atom. The van der Waals surface area contributed by atoms with Crippen molar-refractivity contribution in [3.63, 3.8) is 0 Å². The molecule has 4 heteroatoms. The fourth-order valence-electron chi connectivity index (χ4n) is 2.49. The second kappa shape index (κ2) is 5.80. The van der Waals surface area contributed by atoms with Crippen LogP contribution in [0.2, 0.25) is 5.02 Å². The van der Waals surface area contributed by atoms with Crippen molar-refractivity contribution < 1.29 is 4.39 Å². The first-order valence-electron chi connectivity index (χ1n) is 6.08. The maximum atomic E-state index is 13.0. The van der Waals surface area contributed by atoms with Crippen molar-refractivity contribution in [3.8, 4) is 0 Å². The van der Waals surface area contributed by atoms with Gasteiger partial charge in [-0.1, -0.05) is 24.1 Å². The highest BCUT2D eigenvalue weighted by Crippen LogP contribution is 2.25. The van der Waals surface area contributed by atoms with E-state index < -0.39 is 0 Å². The second-order valence-corrected chi connectivity index (χ2v) is 5.07. The third-order valence-corrected chi connectivity index (χ3v) is 3.80. The van der Waals surface area contributed by atoms with Gasteiger partial charge in [-0.25, -0.2) is 4.39 Å². The smallest absolute Gasteiger partial charge is 0.141 e. The van der Waals surface area contributed by atoms with Crippen molar-refractivity contribution in [1.29, 1.82) is 0 Å². The number of benzene rings is 1. The monoisotopic (exact) mass is 256 g/mol. The Labute approximate surface area is 106 Å². The van der Waals surface area contributed by atoms with E-state index in [1.807, 2.05) is 0 Å². The molecule has 0 aromatic heterocycles. The number of halogens is 2. The zero-order valence-corrected chi connectivity index (χ0v) is 10.5. The minimum absolute atomic E-state index is 0.186. The van der Waals surface area contributed by atoms with Crippen molar-refractivity contribution in [3.05, 3.63) is 34.6 Å². The van der Waals surface area contributed by atoms with E-state index >= 15 is 0 Å². The first-order valence-corrected chi connectivity index (χ1v) is 6.46. The maximum Gasteiger partial charge on any atom is 0.141 e. The summed E-state index contributed by atoms with van der Waals surface area (Å²) in [5.74, 6) is 0.210. The minimum atomic E-state index is -0.365. The van der Waals surface area contributed by atoms with Crippen molar-refractivity contribution in [2.24, 2.45) is 11.7 Å². The first-order chi connectivity index (χ1) is 8.20. The van der Waals surface area contributed by atoms with Gasteiger partial charge >= 0.3 is 0 Å². The first kappa shape index (κ1) is 12.8. The largest absolute Gasteiger partial charge is 0.330 e. The standard InChI is InChI=1S/C13H18ClFN2/c14-11-6-9(4-5-12(11)15)8-17-13-3-1-2-10(13)7-16/h4-6,10,13,17H,1-3,7-8,16H2. The van der Waals surface area contributed by atoms with Gasteiger partial charge in [-0.3, -0.25) is 0 Å². The van der Waals surface area contributed by atoms with E-state index in [1.165, 1.54) is 25.3 Å². The third kappa shape index (κ3) is 3.18. The number of nitrogens with one attached hydrogen (secondary N) is 1. The lowest BCUT2D eigenvalue weighted by molar-refractivity contribution is 0.406. The molecular formula is C13H18ClFN2. The summed E-state index contributed by atoms with van der Waals surface area (Å²) >= 11 is 5.74. The fourth-order valence-corrected chi connectivity index (χ4v) is 2.69. The van der Waals surface area contributed by atoms with Gasteiger partial charge in [0.2, 0.25) is 0 Å². The molecule has 1 aromatic rings. The molecule has 1 fully saturated rings. The van der Waals surface area contributed by atoms with Gasteiger partial charge in [-0.15, -0.1) is 0 Å². The molecule has 1 aromatic carbocycles. The zero-order valence-electron chi connectivity index (χ0n) is 9.76. The lowest BCUT2D eigenvalue weighted by atomic mass is 10.0. The minimum Gasteiger partial charge on any atom is -0.330 e. The van der Waals surface area contributed by atoms with Gasteiger partial charge in [0.25, 0.3) is 0 Å². The molecule has 2 rings (SSSR count). The topological polar surface area (TPSA) is 38.0 Å². The molecule has 1 saturated carbocycles. The van der Waals surface area contributed by atoms with Crippen LogP contribution in [0.3, 0.4) is 0 Å². The van der Waals surface area contributed by atoms with Crippen LogP contribution in [0.1, 0.15) is 24.8 Å². The van der Waals surface area contributed by atoms with E-state index in [0.717, 1.165) is 18.7 Å². The van der Waals surface area contributed by atoms with Gasteiger partial charge in [0, 0.05) is 12.6 Å². The maximum absolute atomic E-state index is 13.0. The van der Waals surface area contributed by atoms with Crippen LogP contribution in [0.5, 0.6) is 0 Å². The summed E-state index contributed by atoms with van der Waals surface area (Å²) < 4.78 is 13.0. The van der Waals surface area contributed by atoms with Gasteiger partial charge in [0.15, 0.2) is 0 Å². The quantitative estimate of drug-likeness (QED) is 0.869. The number of nitrogens with two attached hydrogens (primary N) is 1. The summed E-state index contributed by atoms with van der Waals surface area (Å²) in [7, 11) is 0. The lowest BCUT2D eigenvalue weighted by Crippen LogP contribution is -2.35. The number of hydrogen-bond donors (Lipinski definition) is 2. The van der Waals surface area contributed by atoms with E-state index in [1.54, 1.807) is 12.1 Å². The SMILES string of the molecule is NCC1CCCC1NCc1ccc(F)c(Cl)c1. The summed E-state index contributed by atoms with van der Waals surface area (Å²) in [5, 5.41) is 3.67. The Kier molecular flexibility index (Phi) is 4.37. The van der Waals surface area contributed by atoms with Crippen LogP contribution >= 0.6 is 11.6 Å². The third-order valence-electron chi connectivity index (χ3n) is 3.51. The zero-order chi connectivity index (χ0) is 12.3. The predicted molar refractivity (Wildman–Crippen MR) is 68.4 cm³/mol. The molecule has 0 radical (unpaired) electrons. The summed E-state index contributed by atoms with van der Waals surface area (Å²) in [6.07, 6.45) is 3.62. The molecule has 3 N–H and O–H groups in total. The molecule has 2 nitrogen and oxygen atoms in total. The molecule has 1 aliphatic rings. The lowest BCUT2D eigenvalue weighted by Gasteiger charge is -2.19. The predicted octanol–water partition coefficient (Wildman–Crippen LogP) is 2.70. The van der Waals surface area contributed by atoms with Crippen molar-refractivity contribution in [2.45, 2.75) is 31.8 Å². The van der Waals surface area contributed by atoms with Crippen molar-refractivity contribution >= 4 is 11.6 Å². The molecule has 1 aliphatic carbocycles. The van der Waals surface area contributed by atoms with Crippen molar-refractivity contribution in [1.82, 2.24) is 5.32 Å². The van der Waals surface area contributed by atoms with E-state index in [-0.39, 0.29) is 10.8 Å². The molecule has 0 amide bonds. The van der Waals surface area contributed by atoms with E-state index in [9.17, 15) is 4.39 Å². The van der Waals surface area contributed by atoms with Crippen molar-refractivity contribution in [2.75, 3.05) is 6.54 Å². The van der Waals surface area contributed by atoms with Crippen LogP contribution in [0, 0.1) is 11.7 Å². The van der Waals surface area contributed by atoms with Crippen LogP contribution in [0.25, 0.3) is 0 Å². The summed E-state index contributed by atoms with van der Waals surface area (Å²) in [4.78, 5) is 0. The number of hydrogen-bond acceptors (Lipinski definition) is 2. The Morgan fingerprint density at radius 1 is 1.41 bits per heavy atom. The van der Waals surface area contributed by atoms with Crippen LogP contribution in [-0.4, -0.2) is 12.6 Å². The molecule has 0 heterocycles. The molecule has 94 valence electrons. The van der Waals surface area contributed by atoms with Gasteiger partial charge in [-0.2, -0.15) is 0 Å². The summed E-state index contributed by atoms with van der Waals surface area (Å²) in [5.41, 5.74) is 6.74.